The molecular weight excluding hydrogens is 400 g/mol. The van der Waals surface area contributed by atoms with E-state index < -0.39 is 0 Å². The summed E-state index contributed by atoms with van der Waals surface area (Å²) in [4.78, 5) is 29.3. The number of imidazole rings is 1. The van der Waals surface area contributed by atoms with Gasteiger partial charge in [-0.2, -0.15) is 0 Å². The number of nitrogens with one attached hydrogen (secondary N) is 2. The Labute approximate surface area is 180 Å². The van der Waals surface area contributed by atoms with E-state index in [1.807, 2.05) is 29.8 Å². The highest BCUT2D eigenvalue weighted by molar-refractivity contribution is 6.30. The minimum Gasteiger partial charge on any atom is -0.355 e. The van der Waals surface area contributed by atoms with Crippen LogP contribution in [0.3, 0.4) is 0 Å². The molecule has 1 aliphatic carbocycles. The third-order valence-electron chi connectivity index (χ3n) is 5.71. The van der Waals surface area contributed by atoms with E-state index in [9.17, 15) is 9.59 Å². The minimum absolute atomic E-state index is 0.165. The highest BCUT2D eigenvalue weighted by Crippen LogP contribution is 2.25. The predicted molar refractivity (Wildman–Crippen MR) is 119 cm³/mol. The maximum Gasteiger partial charge on any atom is 0.255 e. The number of anilines is 1. The van der Waals surface area contributed by atoms with Crippen molar-refractivity contribution in [3.63, 3.8) is 0 Å². The van der Waals surface area contributed by atoms with Crippen LogP contribution in [0.4, 0.5) is 5.69 Å². The van der Waals surface area contributed by atoms with E-state index in [0.29, 0.717) is 29.2 Å². The van der Waals surface area contributed by atoms with E-state index in [1.54, 1.807) is 24.3 Å². The topological polar surface area (TPSA) is 76.0 Å². The predicted octanol–water partition coefficient (Wildman–Crippen LogP) is 4.33. The zero-order chi connectivity index (χ0) is 21.1. The molecule has 1 saturated carbocycles. The number of amides is 2. The summed E-state index contributed by atoms with van der Waals surface area (Å²) in [6.45, 7) is 0.576. The number of aromatic nitrogens is 2. The molecule has 30 heavy (non-hydrogen) atoms. The molecule has 2 N–H and O–H groups in total. The second-order valence-corrected chi connectivity index (χ2v) is 8.21. The first kappa shape index (κ1) is 20.4. The fourth-order valence-electron chi connectivity index (χ4n) is 3.99. The van der Waals surface area contributed by atoms with Crippen LogP contribution in [0.5, 0.6) is 0 Å². The van der Waals surface area contributed by atoms with Gasteiger partial charge in [0.2, 0.25) is 5.91 Å². The number of benzene rings is 2. The number of hydrogen-bond donors (Lipinski definition) is 2. The quantitative estimate of drug-likeness (QED) is 0.618. The van der Waals surface area contributed by atoms with Crippen LogP contribution in [0.2, 0.25) is 5.02 Å². The van der Waals surface area contributed by atoms with Crippen molar-refractivity contribution in [1.82, 2.24) is 14.9 Å². The molecule has 0 bridgehead atoms. The second kappa shape index (κ2) is 8.88. The molecule has 1 heterocycles. The van der Waals surface area contributed by atoms with E-state index in [4.69, 9.17) is 16.6 Å². The molecule has 4 rings (SSSR count). The Kier molecular flexibility index (Phi) is 6.04. The Morgan fingerprint density at radius 1 is 1.13 bits per heavy atom. The number of aryl methyl sites for hydroxylation is 1. The van der Waals surface area contributed by atoms with Crippen LogP contribution in [0.25, 0.3) is 11.0 Å². The van der Waals surface area contributed by atoms with E-state index >= 15 is 0 Å². The molecule has 0 saturated heterocycles. The van der Waals surface area contributed by atoms with Crippen LogP contribution in [0, 0.1) is 5.92 Å². The van der Waals surface area contributed by atoms with Crippen LogP contribution in [0.15, 0.2) is 42.5 Å². The zero-order valence-corrected chi connectivity index (χ0v) is 17.7. The average molecular weight is 425 g/mol. The van der Waals surface area contributed by atoms with E-state index in [-0.39, 0.29) is 17.7 Å². The summed E-state index contributed by atoms with van der Waals surface area (Å²) in [5, 5.41) is 6.54. The lowest BCUT2D eigenvalue weighted by Gasteiger charge is -2.10. The molecule has 7 heteroatoms. The van der Waals surface area contributed by atoms with Gasteiger partial charge in [-0.05, 0) is 55.3 Å². The summed E-state index contributed by atoms with van der Waals surface area (Å²) in [6, 6.07) is 12.4. The molecule has 6 nitrogen and oxygen atoms in total. The Morgan fingerprint density at radius 3 is 2.60 bits per heavy atom. The summed E-state index contributed by atoms with van der Waals surface area (Å²) in [5.74, 6) is 1.05. The van der Waals surface area contributed by atoms with Crippen molar-refractivity contribution < 1.29 is 9.59 Å². The molecule has 3 aromatic rings. The number of halogens is 1. The van der Waals surface area contributed by atoms with Gasteiger partial charge in [0, 0.05) is 42.2 Å². The number of rotatable bonds is 6. The van der Waals surface area contributed by atoms with Crippen molar-refractivity contribution in [1.29, 1.82) is 0 Å². The Bertz CT molecular complexity index is 1070. The monoisotopic (exact) mass is 424 g/mol. The molecule has 0 spiro atoms. The maximum atomic E-state index is 12.4. The second-order valence-electron chi connectivity index (χ2n) is 7.77. The third-order valence-corrected chi connectivity index (χ3v) is 5.96. The van der Waals surface area contributed by atoms with Crippen molar-refractivity contribution >= 4 is 40.1 Å². The van der Waals surface area contributed by atoms with Gasteiger partial charge in [0.25, 0.3) is 5.91 Å². The van der Waals surface area contributed by atoms with Crippen LogP contribution in [-0.4, -0.2) is 27.9 Å². The lowest BCUT2D eigenvalue weighted by atomic mass is 10.1. The van der Waals surface area contributed by atoms with Gasteiger partial charge >= 0.3 is 0 Å². The first-order valence-corrected chi connectivity index (χ1v) is 10.7. The van der Waals surface area contributed by atoms with E-state index in [1.165, 1.54) is 0 Å². The molecule has 156 valence electrons. The van der Waals surface area contributed by atoms with Crippen molar-refractivity contribution in [3.05, 3.63) is 58.9 Å². The molecule has 0 unspecified atom stereocenters. The van der Waals surface area contributed by atoms with Crippen molar-refractivity contribution in [3.8, 4) is 0 Å². The SMILES string of the molecule is Cn1c(CCNC(=O)C2CCCC2)nc2cc(NC(=O)c3ccc(Cl)cc3)ccc21. The average Bonchev–Trinajstić information content (AvgIpc) is 3.37. The number of fused-ring (bicyclic) bond motifs is 1. The lowest BCUT2D eigenvalue weighted by molar-refractivity contribution is -0.124. The number of hydrogen-bond acceptors (Lipinski definition) is 3. The number of carbonyl (C=O) groups is 2. The van der Waals surface area contributed by atoms with Crippen molar-refractivity contribution in [2.45, 2.75) is 32.1 Å². The first-order valence-electron chi connectivity index (χ1n) is 10.3. The standard InChI is InChI=1S/C23H25ClN4O2/c1-28-20-11-10-18(26-23(30)16-6-8-17(24)9-7-16)14-19(20)27-21(28)12-13-25-22(29)15-4-2-3-5-15/h6-11,14-15H,2-5,12-13H2,1H3,(H,25,29)(H,26,30). The van der Waals surface area contributed by atoms with Gasteiger partial charge in [-0.3, -0.25) is 9.59 Å². The minimum atomic E-state index is -0.197. The highest BCUT2D eigenvalue weighted by atomic mass is 35.5. The molecular formula is C23H25ClN4O2. The van der Waals surface area contributed by atoms with E-state index in [0.717, 1.165) is 42.5 Å². The number of carbonyl (C=O) groups excluding carboxylic acids is 2. The first-order chi connectivity index (χ1) is 14.5. The highest BCUT2D eigenvalue weighted by Gasteiger charge is 2.22. The molecule has 0 radical (unpaired) electrons. The van der Waals surface area contributed by atoms with Crippen molar-refractivity contribution in [2.75, 3.05) is 11.9 Å². The van der Waals surface area contributed by atoms with Crippen molar-refractivity contribution in [2.24, 2.45) is 13.0 Å². The normalized spacial score (nSPS) is 14.2. The smallest absolute Gasteiger partial charge is 0.255 e. The molecule has 2 aromatic carbocycles. The zero-order valence-electron chi connectivity index (χ0n) is 17.0. The van der Waals surface area contributed by atoms with Gasteiger partial charge in [0.05, 0.1) is 11.0 Å². The molecule has 0 aliphatic heterocycles. The molecule has 0 atom stereocenters. The molecule has 2 amide bonds. The lowest BCUT2D eigenvalue weighted by Crippen LogP contribution is -2.31. The summed E-state index contributed by atoms with van der Waals surface area (Å²) < 4.78 is 2.03. The Morgan fingerprint density at radius 2 is 1.87 bits per heavy atom. The number of nitrogens with zero attached hydrogens (tertiary/aromatic N) is 2. The van der Waals surface area contributed by atoms with Gasteiger partial charge in [0.15, 0.2) is 0 Å². The van der Waals surface area contributed by atoms with Gasteiger partial charge < -0.3 is 15.2 Å². The van der Waals surface area contributed by atoms with E-state index in [2.05, 4.69) is 10.6 Å². The summed E-state index contributed by atoms with van der Waals surface area (Å²) in [7, 11) is 1.97. The summed E-state index contributed by atoms with van der Waals surface area (Å²) in [5.41, 5.74) is 3.01. The van der Waals surface area contributed by atoms with Gasteiger partial charge in [-0.25, -0.2) is 4.98 Å². The van der Waals surface area contributed by atoms with Gasteiger partial charge in [-0.15, -0.1) is 0 Å². The van der Waals surface area contributed by atoms with Crippen LogP contribution in [0.1, 0.15) is 41.9 Å². The largest absolute Gasteiger partial charge is 0.355 e. The fraction of sp³-hybridized carbons (Fsp3) is 0.348. The summed E-state index contributed by atoms with van der Waals surface area (Å²) >= 11 is 5.88. The van der Waals surface area contributed by atoms with Gasteiger partial charge in [0.1, 0.15) is 5.82 Å². The Hall–Kier alpha value is -2.86. The fourth-order valence-corrected chi connectivity index (χ4v) is 4.11. The summed E-state index contributed by atoms with van der Waals surface area (Å²) in [6.07, 6.45) is 4.97. The van der Waals surface area contributed by atoms with Crippen LogP contribution >= 0.6 is 11.6 Å². The van der Waals surface area contributed by atoms with Gasteiger partial charge in [-0.1, -0.05) is 24.4 Å². The third kappa shape index (κ3) is 4.49. The Balaban J connectivity index is 1.41. The maximum absolute atomic E-state index is 12.4. The molecule has 1 aromatic heterocycles. The molecule has 1 fully saturated rings. The molecule has 1 aliphatic rings. The van der Waals surface area contributed by atoms with Crippen LogP contribution < -0.4 is 10.6 Å². The van der Waals surface area contributed by atoms with Crippen LogP contribution in [-0.2, 0) is 18.3 Å².